The van der Waals surface area contributed by atoms with Gasteiger partial charge in [0.25, 0.3) is 0 Å². The topological polar surface area (TPSA) is 94.1 Å². The largest absolute Gasteiger partial charge is 0.384 e. The highest BCUT2D eigenvalue weighted by Gasteiger charge is 2.18. The fourth-order valence-corrected chi connectivity index (χ4v) is 2.73. The Morgan fingerprint density at radius 2 is 2.00 bits per heavy atom. The highest BCUT2D eigenvalue weighted by atomic mass is 16.6. The number of nitrogens with two attached hydrogens (primary N) is 1. The molecule has 1 aromatic carbocycles. The van der Waals surface area contributed by atoms with Crippen LogP contribution in [0.4, 0.5) is 23.0 Å². The molecule has 2 aromatic rings. The van der Waals surface area contributed by atoms with Crippen LogP contribution in [0.25, 0.3) is 0 Å². The van der Waals surface area contributed by atoms with Crippen molar-refractivity contribution >= 4 is 23.0 Å². The summed E-state index contributed by atoms with van der Waals surface area (Å²) in [6.45, 7) is 0. The lowest BCUT2D eigenvalue weighted by atomic mass is 9.90. The molecule has 3 N–H and O–H groups in total. The van der Waals surface area contributed by atoms with Crippen molar-refractivity contribution in [2.45, 2.75) is 25.7 Å². The van der Waals surface area contributed by atoms with Crippen molar-refractivity contribution < 1.29 is 4.92 Å². The molecule has 1 heterocycles. The Morgan fingerprint density at radius 3 is 2.81 bits per heavy atom. The van der Waals surface area contributed by atoms with Crippen LogP contribution in [0.3, 0.4) is 0 Å². The maximum atomic E-state index is 11.1. The summed E-state index contributed by atoms with van der Waals surface area (Å²) in [5, 5.41) is 14.2. The zero-order valence-electron chi connectivity index (χ0n) is 11.5. The van der Waals surface area contributed by atoms with Crippen LogP contribution in [-0.2, 0) is 12.8 Å². The Kier molecular flexibility index (Phi) is 3.43. The van der Waals surface area contributed by atoms with Crippen molar-refractivity contribution in [2.24, 2.45) is 0 Å². The summed E-state index contributed by atoms with van der Waals surface area (Å²) in [5.41, 5.74) is 8.98. The van der Waals surface area contributed by atoms with Crippen LogP contribution < -0.4 is 11.1 Å². The molecule has 0 atom stereocenters. The fraction of sp³-hybridized carbons (Fsp3) is 0.267. The molecule has 0 fully saturated rings. The average molecular weight is 284 g/mol. The SMILES string of the molecule is Nc1ccc([N+](=O)[O-])c(Nc2cccc3c2CCCC3)n1. The van der Waals surface area contributed by atoms with Crippen molar-refractivity contribution in [3.05, 3.63) is 51.6 Å². The number of fused-ring (bicyclic) bond motifs is 1. The van der Waals surface area contributed by atoms with Crippen molar-refractivity contribution in [3.63, 3.8) is 0 Å². The molecule has 0 unspecified atom stereocenters. The van der Waals surface area contributed by atoms with Gasteiger partial charge < -0.3 is 11.1 Å². The third-order valence-corrected chi connectivity index (χ3v) is 3.74. The van der Waals surface area contributed by atoms with Gasteiger partial charge in [-0.25, -0.2) is 4.98 Å². The predicted molar refractivity (Wildman–Crippen MR) is 81.7 cm³/mol. The minimum atomic E-state index is -0.454. The first kappa shape index (κ1) is 13.4. The molecular formula is C15H16N4O2. The zero-order chi connectivity index (χ0) is 14.8. The summed E-state index contributed by atoms with van der Waals surface area (Å²) in [4.78, 5) is 14.7. The lowest BCUT2D eigenvalue weighted by Crippen LogP contribution is -2.08. The van der Waals surface area contributed by atoms with Gasteiger partial charge in [0.2, 0.25) is 5.82 Å². The molecule has 0 amide bonds. The molecule has 21 heavy (non-hydrogen) atoms. The van der Waals surface area contributed by atoms with Crippen molar-refractivity contribution in [3.8, 4) is 0 Å². The van der Waals surface area contributed by atoms with Crippen molar-refractivity contribution in [1.29, 1.82) is 0 Å². The van der Waals surface area contributed by atoms with E-state index in [1.165, 1.54) is 29.7 Å². The molecule has 0 bridgehead atoms. The summed E-state index contributed by atoms with van der Waals surface area (Å²) in [6, 6.07) is 8.81. The van der Waals surface area contributed by atoms with Gasteiger partial charge in [-0.1, -0.05) is 12.1 Å². The van der Waals surface area contributed by atoms with Gasteiger partial charge in [-0.2, -0.15) is 0 Å². The van der Waals surface area contributed by atoms with E-state index in [9.17, 15) is 10.1 Å². The van der Waals surface area contributed by atoms with Gasteiger partial charge in [-0.3, -0.25) is 10.1 Å². The van der Waals surface area contributed by atoms with E-state index in [0.29, 0.717) is 0 Å². The van der Waals surface area contributed by atoms with E-state index in [1.807, 2.05) is 12.1 Å². The predicted octanol–water partition coefficient (Wildman–Crippen LogP) is 3.19. The van der Waals surface area contributed by atoms with Crippen LogP contribution >= 0.6 is 0 Å². The first-order valence-corrected chi connectivity index (χ1v) is 6.94. The molecule has 0 spiro atoms. The molecule has 1 aromatic heterocycles. The number of nitrogens with zero attached hydrogens (tertiary/aromatic N) is 2. The van der Waals surface area contributed by atoms with Gasteiger partial charge in [0.15, 0.2) is 0 Å². The maximum absolute atomic E-state index is 11.1. The molecule has 0 radical (unpaired) electrons. The number of aryl methyl sites for hydroxylation is 1. The molecular weight excluding hydrogens is 268 g/mol. The van der Waals surface area contributed by atoms with Gasteiger partial charge in [-0.05, 0) is 48.9 Å². The summed E-state index contributed by atoms with van der Waals surface area (Å²) in [5.74, 6) is 0.451. The Morgan fingerprint density at radius 1 is 1.19 bits per heavy atom. The molecule has 108 valence electrons. The monoisotopic (exact) mass is 284 g/mol. The summed E-state index contributed by atoms with van der Waals surface area (Å²) >= 11 is 0. The number of hydrogen-bond acceptors (Lipinski definition) is 5. The minimum absolute atomic E-state index is 0.0717. The van der Waals surface area contributed by atoms with E-state index in [2.05, 4.69) is 16.4 Å². The second-order valence-corrected chi connectivity index (χ2v) is 5.14. The number of anilines is 3. The molecule has 1 aliphatic carbocycles. The third-order valence-electron chi connectivity index (χ3n) is 3.74. The number of rotatable bonds is 3. The number of pyridine rings is 1. The standard InChI is InChI=1S/C15H16N4O2/c16-14-9-8-13(19(20)21)15(18-14)17-12-7-3-5-10-4-1-2-6-11(10)12/h3,5,7-9H,1-2,4,6H2,(H3,16,17,18). The average Bonchev–Trinajstić information content (AvgIpc) is 2.47. The first-order chi connectivity index (χ1) is 10.1. The van der Waals surface area contributed by atoms with Gasteiger partial charge in [0.05, 0.1) is 4.92 Å². The smallest absolute Gasteiger partial charge is 0.311 e. The van der Waals surface area contributed by atoms with Crippen molar-refractivity contribution in [1.82, 2.24) is 4.98 Å². The quantitative estimate of drug-likeness (QED) is 0.666. The zero-order valence-corrected chi connectivity index (χ0v) is 11.5. The molecule has 0 aliphatic heterocycles. The van der Waals surface area contributed by atoms with Crippen LogP contribution in [0.5, 0.6) is 0 Å². The van der Waals surface area contributed by atoms with Crippen LogP contribution in [0.15, 0.2) is 30.3 Å². The molecule has 0 saturated heterocycles. The number of nitrogens with one attached hydrogen (secondary N) is 1. The van der Waals surface area contributed by atoms with E-state index in [-0.39, 0.29) is 17.3 Å². The van der Waals surface area contributed by atoms with Gasteiger partial charge >= 0.3 is 5.69 Å². The first-order valence-electron chi connectivity index (χ1n) is 6.94. The third kappa shape index (κ3) is 2.65. The van der Waals surface area contributed by atoms with E-state index >= 15 is 0 Å². The lowest BCUT2D eigenvalue weighted by Gasteiger charge is -2.19. The molecule has 1 aliphatic rings. The van der Waals surface area contributed by atoms with Gasteiger partial charge in [0.1, 0.15) is 5.82 Å². The second-order valence-electron chi connectivity index (χ2n) is 5.14. The summed E-state index contributed by atoms with van der Waals surface area (Å²) in [7, 11) is 0. The Labute approximate surface area is 122 Å². The number of aromatic nitrogens is 1. The van der Waals surface area contributed by atoms with Crippen LogP contribution in [-0.4, -0.2) is 9.91 Å². The number of benzene rings is 1. The molecule has 6 nitrogen and oxygen atoms in total. The minimum Gasteiger partial charge on any atom is -0.384 e. The molecule has 3 rings (SSSR count). The normalized spacial score (nSPS) is 13.5. The number of nitro groups is 1. The number of nitrogen functional groups attached to an aromatic ring is 1. The highest BCUT2D eigenvalue weighted by Crippen LogP contribution is 2.32. The number of hydrogen-bond donors (Lipinski definition) is 2. The highest BCUT2D eigenvalue weighted by molar-refractivity contribution is 5.70. The second kappa shape index (κ2) is 5.40. The van der Waals surface area contributed by atoms with Gasteiger partial charge in [-0.15, -0.1) is 0 Å². The van der Waals surface area contributed by atoms with E-state index in [4.69, 9.17) is 5.73 Å². The van der Waals surface area contributed by atoms with E-state index in [1.54, 1.807) is 0 Å². The Hall–Kier alpha value is -2.63. The van der Waals surface area contributed by atoms with Crippen LogP contribution in [0, 0.1) is 10.1 Å². The van der Waals surface area contributed by atoms with E-state index in [0.717, 1.165) is 24.9 Å². The maximum Gasteiger partial charge on any atom is 0.311 e. The van der Waals surface area contributed by atoms with Crippen LogP contribution in [0.1, 0.15) is 24.0 Å². The van der Waals surface area contributed by atoms with E-state index < -0.39 is 4.92 Å². The lowest BCUT2D eigenvalue weighted by molar-refractivity contribution is -0.384. The fourth-order valence-electron chi connectivity index (χ4n) is 2.73. The molecule has 6 heteroatoms. The molecule has 0 saturated carbocycles. The summed E-state index contributed by atoms with van der Waals surface area (Å²) in [6.07, 6.45) is 4.36. The van der Waals surface area contributed by atoms with Crippen LogP contribution in [0.2, 0.25) is 0 Å². The Bertz CT molecular complexity index is 700. The Balaban J connectivity index is 2.01. The summed E-state index contributed by atoms with van der Waals surface area (Å²) < 4.78 is 0. The van der Waals surface area contributed by atoms with Crippen molar-refractivity contribution in [2.75, 3.05) is 11.1 Å². The van der Waals surface area contributed by atoms with Gasteiger partial charge in [0, 0.05) is 11.8 Å².